The van der Waals surface area contributed by atoms with Crippen molar-refractivity contribution in [2.75, 3.05) is 20.6 Å². The van der Waals surface area contributed by atoms with Gasteiger partial charge in [-0.1, -0.05) is 28.1 Å². The lowest BCUT2D eigenvalue weighted by molar-refractivity contribution is -0.153. The van der Waals surface area contributed by atoms with Crippen LogP contribution in [0.5, 0.6) is 0 Å². The highest BCUT2D eigenvalue weighted by atomic mass is 79.9. The first-order chi connectivity index (χ1) is 8.00. The maximum absolute atomic E-state index is 12.1. The lowest BCUT2D eigenvalue weighted by Gasteiger charge is -2.36. The zero-order chi connectivity index (χ0) is 12.6. The van der Waals surface area contributed by atoms with E-state index >= 15 is 0 Å². The number of likely N-dealkylation sites (N-methyl/N-ethyl adjacent to an activating group) is 2. The molecule has 1 aliphatic heterocycles. The van der Waals surface area contributed by atoms with E-state index in [1.165, 1.54) is 9.80 Å². The molecule has 0 saturated carbocycles. The molecule has 1 aromatic rings. The first kappa shape index (κ1) is 12.1. The third-order valence-electron chi connectivity index (χ3n) is 2.95. The van der Waals surface area contributed by atoms with Crippen molar-refractivity contribution in [3.05, 3.63) is 34.3 Å². The van der Waals surface area contributed by atoms with Crippen molar-refractivity contribution >= 4 is 27.7 Å². The third-order valence-corrected chi connectivity index (χ3v) is 3.48. The number of hydrogen-bond acceptors (Lipinski definition) is 2. The van der Waals surface area contributed by atoms with Gasteiger partial charge in [0, 0.05) is 18.6 Å². The average Bonchev–Trinajstić information content (AvgIpc) is 2.29. The van der Waals surface area contributed by atoms with Crippen molar-refractivity contribution in [1.29, 1.82) is 0 Å². The normalized spacial score (nSPS) is 21.0. The van der Waals surface area contributed by atoms with Crippen molar-refractivity contribution in [1.82, 2.24) is 9.80 Å². The molecule has 0 aromatic heterocycles. The van der Waals surface area contributed by atoms with E-state index in [4.69, 9.17) is 0 Å². The van der Waals surface area contributed by atoms with Gasteiger partial charge in [-0.05, 0) is 17.7 Å². The number of halogens is 1. The summed E-state index contributed by atoms with van der Waals surface area (Å²) in [6.07, 6.45) is 0. The summed E-state index contributed by atoms with van der Waals surface area (Å²) in [6.45, 7) is 0.155. The summed E-state index contributed by atoms with van der Waals surface area (Å²) in [5.41, 5.74) is 0.834. The summed E-state index contributed by atoms with van der Waals surface area (Å²) >= 11 is 3.35. The van der Waals surface area contributed by atoms with Gasteiger partial charge >= 0.3 is 0 Å². The van der Waals surface area contributed by atoms with Gasteiger partial charge in [0.15, 0.2) is 0 Å². The van der Waals surface area contributed by atoms with Gasteiger partial charge in [0.1, 0.15) is 6.04 Å². The van der Waals surface area contributed by atoms with E-state index in [0.717, 1.165) is 10.0 Å². The predicted octanol–water partition coefficient (Wildman–Crippen LogP) is 1.42. The fourth-order valence-electron chi connectivity index (χ4n) is 1.92. The number of benzene rings is 1. The molecule has 0 bridgehead atoms. The largest absolute Gasteiger partial charge is 0.334 e. The molecule has 0 aliphatic carbocycles. The minimum Gasteiger partial charge on any atom is -0.334 e. The Balaban J connectivity index is 2.37. The summed E-state index contributed by atoms with van der Waals surface area (Å²) in [5.74, 6) is -0.0885. The second-order valence-corrected chi connectivity index (χ2v) is 5.07. The quantitative estimate of drug-likeness (QED) is 0.786. The summed E-state index contributed by atoms with van der Waals surface area (Å²) in [7, 11) is 3.32. The van der Waals surface area contributed by atoms with Crippen LogP contribution in [0.2, 0.25) is 0 Å². The average molecular weight is 297 g/mol. The van der Waals surface area contributed by atoms with E-state index in [9.17, 15) is 9.59 Å². The number of piperazine rings is 1. The molecule has 1 heterocycles. The molecule has 90 valence electrons. The molecule has 5 heteroatoms. The zero-order valence-electron chi connectivity index (χ0n) is 9.68. The Labute approximate surface area is 108 Å². The minimum atomic E-state index is -0.505. The van der Waals surface area contributed by atoms with Gasteiger partial charge in [-0.15, -0.1) is 0 Å². The highest BCUT2D eigenvalue weighted by Crippen LogP contribution is 2.26. The molecule has 2 rings (SSSR count). The van der Waals surface area contributed by atoms with Crippen molar-refractivity contribution in [3.8, 4) is 0 Å². The number of amides is 2. The van der Waals surface area contributed by atoms with Gasteiger partial charge in [-0.2, -0.15) is 0 Å². The van der Waals surface area contributed by atoms with Gasteiger partial charge in [0.05, 0.1) is 6.54 Å². The predicted molar refractivity (Wildman–Crippen MR) is 67.3 cm³/mol. The molecule has 1 fully saturated rings. The number of nitrogens with zero attached hydrogens (tertiary/aromatic N) is 2. The topological polar surface area (TPSA) is 40.6 Å². The number of carbonyl (C=O) groups is 2. The first-order valence-electron chi connectivity index (χ1n) is 5.27. The van der Waals surface area contributed by atoms with Crippen molar-refractivity contribution < 1.29 is 9.59 Å². The number of rotatable bonds is 1. The Morgan fingerprint density at radius 3 is 2.35 bits per heavy atom. The van der Waals surface area contributed by atoms with Crippen LogP contribution in [0.3, 0.4) is 0 Å². The third kappa shape index (κ3) is 2.20. The molecule has 0 N–H and O–H groups in total. The Kier molecular flexibility index (Phi) is 3.19. The summed E-state index contributed by atoms with van der Waals surface area (Å²) < 4.78 is 0.951. The fraction of sp³-hybridized carbons (Fsp3) is 0.333. The smallest absolute Gasteiger partial charge is 0.250 e. The van der Waals surface area contributed by atoms with E-state index in [1.54, 1.807) is 14.1 Å². The van der Waals surface area contributed by atoms with E-state index in [0.29, 0.717) is 0 Å². The van der Waals surface area contributed by atoms with Crippen molar-refractivity contribution in [2.45, 2.75) is 6.04 Å². The molecule has 1 aromatic carbocycles. The molecule has 1 atom stereocenters. The second-order valence-electron chi connectivity index (χ2n) is 4.15. The molecule has 2 amide bonds. The van der Waals surface area contributed by atoms with Crippen LogP contribution in [0.15, 0.2) is 28.7 Å². The maximum atomic E-state index is 12.1. The van der Waals surface area contributed by atoms with Crippen LogP contribution >= 0.6 is 15.9 Å². The van der Waals surface area contributed by atoms with Crippen LogP contribution in [0.1, 0.15) is 11.6 Å². The molecule has 0 spiro atoms. The molecule has 1 saturated heterocycles. The molecular weight excluding hydrogens is 284 g/mol. The molecule has 0 unspecified atom stereocenters. The first-order valence-corrected chi connectivity index (χ1v) is 6.06. The van der Waals surface area contributed by atoms with E-state index in [-0.39, 0.29) is 18.4 Å². The highest BCUT2D eigenvalue weighted by Gasteiger charge is 2.36. The summed E-state index contributed by atoms with van der Waals surface area (Å²) in [5, 5.41) is 0. The van der Waals surface area contributed by atoms with Crippen LogP contribution in [-0.4, -0.2) is 42.3 Å². The Bertz CT molecular complexity index is 458. The molecule has 4 nitrogen and oxygen atoms in total. The number of carbonyl (C=O) groups excluding carboxylic acids is 2. The van der Waals surface area contributed by atoms with Gasteiger partial charge < -0.3 is 9.80 Å². The standard InChI is InChI=1S/C12H13BrN2O2/c1-14-7-10(16)15(2)11(12(14)17)8-3-5-9(13)6-4-8/h3-6,11H,7H2,1-2H3/t11-/m1/s1. The SMILES string of the molecule is CN1CC(=O)N(C)[C@H](c2ccc(Br)cc2)C1=O. The fourth-order valence-corrected chi connectivity index (χ4v) is 2.19. The second kappa shape index (κ2) is 4.49. The van der Waals surface area contributed by atoms with Gasteiger partial charge in [-0.25, -0.2) is 0 Å². The number of hydrogen-bond donors (Lipinski definition) is 0. The summed E-state index contributed by atoms with van der Waals surface area (Å²) in [4.78, 5) is 26.8. The Hall–Kier alpha value is -1.36. The van der Waals surface area contributed by atoms with E-state index in [2.05, 4.69) is 15.9 Å². The van der Waals surface area contributed by atoms with Crippen molar-refractivity contribution in [3.63, 3.8) is 0 Å². The van der Waals surface area contributed by atoms with Crippen LogP contribution in [0, 0.1) is 0 Å². The molecular formula is C12H13BrN2O2. The van der Waals surface area contributed by atoms with Crippen LogP contribution < -0.4 is 0 Å². The Morgan fingerprint density at radius 2 is 1.76 bits per heavy atom. The van der Waals surface area contributed by atoms with Crippen LogP contribution in [0.25, 0.3) is 0 Å². The molecule has 0 radical (unpaired) electrons. The van der Waals surface area contributed by atoms with Crippen molar-refractivity contribution in [2.24, 2.45) is 0 Å². The van der Waals surface area contributed by atoms with E-state index in [1.807, 2.05) is 24.3 Å². The zero-order valence-corrected chi connectivity index (χ0v) is 11.3. The van der Waals surface area contributed by atoms with Gasteiger partial charge in [0.25, 0.3) is 0 Å². The minimum absolute atomic E-state index is 0.0416. The molecule has 17 heavy (non-hydrogen) atoms. The monoisotopic (exact) mass is 296 g/mol. The molecule has 1 aliphatic rings. The highest BCUT2D eigenvalue weighted by molar-refractivity contribution is 9.10. The lowest BCUT2D eigenvalue weighted by Crippen LogP contribution is -2.52. The van der Waals surface area contributed by atoms with E-state index < -0.39 is 6.04 Å². The van der Waals surface area contributed by atoms with Crippen LogP contribution in [0.4, 0.5) is 0 Å². The van der Waals surface area contributed by atoms with Gasteiger partial charge in [-0.3, -0.25) is 9.59 Å². The van der Waals surface area contributed by atoms with Gasteiger partial charge in [0.2, 0.25) is 11.8 Å². The summed E-state index contributed by atoms with van der Waals surface area (Å²) in [6, 6.07) is 6.95. The lowest BCUT2D eigenvalue weighted by atomic mass is 10.0. The van der Waals surface area contributed by atoms with Crippen LogP contribution in [-0.2, 0) is 9.59 Å². The Morgan fingerprint density at radius 1 is 1.18 bits per heavy atom. The maximum Gasteiger partial charge on any atom is 0.250 e.